The van der Waals surface area contributed by atoms with Crippen LogP contribution in [0.25, 0.3) is 0 Å². The van der Waals surface area contributed by atoms with E-state index in [4.69, 9.17) is 11.6 Å². The number of methoxy groups -OCH3 is 1. The van der Waals surface area contributed by atoms with Crippen molar-refractivity contribution in [3.63, 3.8) is 0 Å². The minimum atomic E-state index is -3.09. The number of ether oxygens (including phenoxy) is 1. The van der Waals surface area contributed by atoms with Crippen LogP contribution in [-0.2, 0) is 4.74 Å². The van der Waals surface area contributed by atoms with E-state index in [1.54, 1.807) is 0 Å². The number of nitrogens with zero attached hydrogens (tertiary/aromatic N) is 2. The molecule has 0 atom stereocenters. The van der Waals surface area contributed by atoms with Crippen molar-refractivity contribution in [2.75, 3.05) is 7.11 Å². The molecule has 17 heavy (non-hydrogen) atoms. The van der Waals surface area contributed by atoms with Crippen LogP contribution in [0.5, 0.6) is 0 Å². The van der Waals surface area contributed by atoms with Crippen molar-refractivity contribution in [2.24, 2.45) is 0 Å². The van der Waals surface area contributed by atoms with E-state index in [-0.39, 0.29) is 0 Å². The molecule has 6 nitrogen and oxygen atoms in total. The number of carbonyl (C=O) groups is 1. The SMILES string of the molecule is COC(=O)c1c(C(F)F)ncc([N+](=O)[O-])c1Cl. The van der Waals surface area contributed by atoms with E-state index in [1.807, 2.05) is 0 Å². The highest BCUT2D eigenvalue weighted by Crippen LogP contribution is 2.33. The Hall–Kier alpha value is -1.83. The Kier molecular flexibility index (Phi) is 3.89. The lowest BCUT2D eigenvalue weighted by atomic mass is 10.2. The predicted octanol–water partition coefficient (Wildman–Crippen LogP) is 2.37. The topological polar surface area (TPSA) is 82.3 Å². The van der Waals surface area contributed by atoms with Gasteiger partial charge in [-0.05, 0) is 0 Å². The molecule has 0 aliphatic heterocycles. The van der Waals surface area contributed by atoms with E-state index < -0.39 is 39.3 Å². The van der Waals surface area contributed by atoms with E-state index >= 15 is 0 Å². The summed E-state index contributed by atoms with van der Waals surface area (Å²) in [6.07, 6.45) is -2.53. The van der Waals surface area contributed by atoms with Crippen LogP contribution in [0.3, 0.4) is 0 Å². The minimum Gasteiger partial charge on any atom is -0.465 e. The maximum absolute atomic E-state index is 12.5. The Morgan fingerprint density at radius 3 is 2.65 bits per heavy atom. The van der Waals surface area contributed by atoms with Gasteiger partial charge in [0.2, 0.25) is 0 Å². The van der Waals surface area contributed by atoms with Crippen molar-refractivity contribution in [1.82, 2.24) is 4.98 Å². The van der Waals surface area contributed by atoms with Crippen molar-refractivity contribution in [3.05, 3.63) is 32.6 Å². The molecule has 0 saturated heterocycles. The molecule has 0 spiro atoms. The van der Waals surface area contributed by atoms with Gasteiger partial charge >= 0.3 is 11.7 Å². The zero-order valence-corrected chi connectivity index (χ0v) is 9.07. The number of rotatable bonds is 3. The fourth-order valence-electron chi connectivity index (χ4n) is 1.08. The maximum Gasteiger partial charge on any atom is 0.341 e. The van der Waals surface area contributed by atoms with E-state index in [2.05, 4.69) is 9.72 Å². The zero-order valence-electron chi connectivity index (χ0n) is 8.32. The first-order valence-corrected chi connectivity index (χ1v) is 4.47. The molecule has 0 unspecified atom stereocenters. The number of nitro groups is 1. The van der Waals surface area contributed by atoms with Crippen molar-refractivity contribution < 1.29 is 23.2 Å². The van der Waals surface area contributed by atoms with Crippen LogP contribution in [0.15, 0.2) is 6.20 Å². The Balaban J connectivity index is 3.53. The summed E-state index contributed by atoms with van der Waals surface area (Å²) in [7, 11) is 0.937. The molecule has 0 aromatic carbocycles. The summed E-state index contributed by atoms with van der Waals surface area (Å²) in [6, 6.07) is 0. The number of halogens is 3. The highest BCUT2D eigenvalue weighted by atomic mass is 35.5. The van der Waals surface area contributed by atoms with Crippen molar-refractivity contribution in [3.8, 4) is 0 Å². The van der Waals surface area contributed by atoms with Crippen LogP contribution in [-0.4, -0.2) is 23.0 Å². The molecule has 0 amide bonds. The summed E-state index contributed by atoms with van der Waals surface area (Å²) in [5, 5.41) is 9.79. The first-order valence-electron chi connectivity index (χ1n) is 4.09. The van der Waals surface area contributed by atoms with Crippen molar-refractivity contribution in [1.29, 1.82) is 0 Å². The summed E-state index contributed by atoms with van der Waals surface area (Å²) >= 11 is 5.51. The van der Waals surface area contributed by atoms with Crippen LogP contribution in [0.1, 0.15) is 22.5 Å². The van der Waals surface area contributed by atoms with Crippen LogP contribution < -0.4 is 0 Å². The quantitative estimate of drug-likeness (QED) is 0.476. The van der Waals surface area contributed by atoms with Gasteiger partial charge in [0.1, 0.15) is 22.5 Å². The van der Waals surface area contributed by atoms with Crippen molar-refractivity contribution in [2.45, 2.75) is 6.43 Å². The van der Waals surface area contributed by atoms with Crippen molar-refractivity contribution >= 4 is 23.3 Å². The number of hydrogen-bond acceptors (Lipinski definition) is 5. The second kappa shape index (κ2) is 5.00. The summed E-state index contributed by atoms with van der Waals surface area (Å²) < 4.78 is 29.3. The molecular formula is C8H5ClF2N2O4. The average Bonchev–Trinajstić information content (AvgIpc) is 2.26. The molecule has 0 bridgehead atoms. The number of carbonyl (C=O) groups excluding carboxylic acids is 1. The lowest BCUT2D eigenvalue weighted by Gasteiger charge is -2.07. The predicted molar refractivity (Wildman–Crippen MR) is 52.2 cm³/mol. The summed E-state index contributed by atoms with van der Waals surface area (Å²) in [5.74, 6) is -1.21. The Morgan fingerprint density at radius 1 is 1.65 bits per heavy atom. The van der Waals surface area contributed by atoms with Crippen LogP contribution in [0.2, 0.25) is 5.02 Å². The Bertz CT molecular complexity index is 481. The lowest BCUT2D eigenvalue weighted by molar-refractivity contribution is -0.385. The fourth-order valence-corrected chi connectivity index (χ4v) is 1.37. The normalized spacial score (nSPS) is 10.4. The van der Waals surface area contributed by atoms with E-state index in [1.165, 1.54) is 0 Å². The molecule has 92 valence electrons. The second-order valence-electron chi connectivity index (χ2n) is 2.77. The molecule has 1 rings (SSSR count). The zero-order chi connectivity index (χ0) is 13.2. The largest absolute Gasteiger partial charge is 0.465 e. The maximum atomic E-state index is 12.5. The Morgan fingerprint density at radius 2 is 2.24 bits per heavy atom. The monoisotopic (exact) mass is 266 g/mol. The lowest BCUT2D eigenvalue weighted by Crippen LogP contribution is -2.10. The highest BCUT2D eigenvalue weighted by molar-refractivity contribution is 6.35. The highest BCUT2D eigenvalue weighted by Gasteiger charge is 2.29. The van der Waals surface area contributed by atoms with E-state index in [9.17, 15) is 23.7 Å². The summed E-state index contributed by atoms with van der Waals surface area (Å²) in [6.45, 7) is 0. The van der Waals surface area contributed by atoms with Crippen LogP contribution in [0.4, 0.5) is 14.5 Å². The number of alkyl halides is 2. The molecule has 0 fully saturated rings. The molecule has 0 aliphatic rings. The summed E-state index contributed by atoms with van der Waals surface area (Å²) in [5.41, 5.74) is -2.48. The van der Waals surface area contributed by atoms with Gasteiger partial charge in [-0.15, -0.1) is 0 Å². The summed E-state index contributed by atoms with van der Waals surface area (Å²) in [4.78, 5) is 24.0. The molecule has 0 N–H and O–H groups in total. The Labute approximate surface area is 98.3 Å². The standard InChI is InChI=1S/C8H5ClF2N2O4/c1-17-8(14)4-5(9)3(13(15)16)2-12-6(4)7(10)11/h2,7H,1H3. The molecular weight excluding hydrogens is 262 g/mol. The van der Waals surface area contributed by atoms with Gasteiger partial charge in [0.25, 0.3) is 6.43 Å². The molecule has 1 aromatic heterocycles. The molecule has 0 aliphatic carbocycles. The van der Waals surface area contributed by atoms with Gasteiger partial charge in [0.15, 0.2) is 0 Å². The van der Waals surface area contributed by atoms with Crippen LogP contribution in [0, 0.1) is 10.1 Å². The molecule has 1 heterocycles. The molecule has 9 heteroatoms. The number of esters is 1. The number of pyridine rings is 1. The van der Waals surface area contributed by atoms with Gasteiger partial charge in [-0.3, -0.25) is 10.1 Å². The number of aromatic nitrogens is 1. The van der Waals surface area contributed by atoms with Gasteiger partial charge in [0.05, 0.1) is 12.0 Å². The third-order valence-electron chi connectivity index (χ3n) is 1.82. The van der Waals surface area contributed by atoms with E-state index in [0.29, 0.717) is 6.20 Å². The van der Waals surface area contributed by atoms with Gasteiger partial charge in [-0.1, -0.05) is 11.6 Å². The number of hydrogen-bond donors (Lipinski definition) is 0. The molecule has 1 aromatic rings. The fraction of sp³-hybridized carbons (Fsp3) is 0.250. The molecule has 0 radical (unpaired) electrons. The smallest absolute Gasteiger partial charge is 0.341 e. The first-order chi connectivity index (χ1) is 7.90. The van der Waals surface area contributed by atoms with Gasteiger partial charge < -0.3 is 4.74 Å². The third kappa shape index (κ3) is 2.47. The van der Waals surface area contributed by atoms with Crippen LogP contribution >= 0.6 is 11.6 Å². The molecule has 0 saturated carbocycles. The average molecular weight is 267 g/mol. The minimum absolute atomic E-state index is 0.566. The first kappa shape index (κ1) is 13.2. The van der Waals surface area contributed by atoms with Gasteiger partial charge in [-0.25, -0.2) is 18.6 Å². The second-order valence-corrected chi connectivity index (χ2v) is 3.15. The van der Waals surface area contributed by atoms with E-state index in [0.717, 1.165) is 7.11 Å². The third-order valence-corrected chi connectivity index (χ3v) is 2.20. The van der Waals surface area contributed by atoms with Gasteiger partial charge in [-0.2, -0.15) is 0 Å². The van der Waals surface area contributed by atoms with Gasteiger partial charge in [0, 0.05) is 0 Å².